The number of Topliss-reactive ketones (excluding diaryl/α,β-unsaturated/α-hetero) is 1. The number of carboxylic acid groups (broad SMARTS) is 1. The molecule has 0 spiro atoms. The van der Waals surface area contributed by atoms with Crippen LogP contribution in [-0.2, 0) is 19.1 Å². The van der Waals surface area contributed by atoms with Crippen molar-refractivity contribution in [3.8, 4) is 0 Å². The summed E-state index contributed by atoms with van der Waals surface area (Å²) >= 11 is 0. The first-order valence-corrected chi connectivity index (χ1v) is 8.65. The van der Waals surface area contributed by atoms with Gasteiger partial charge < -0.3 is 9.84 Å². The zero-order valence-electron chi connectivity index (χ0n) is 14.4. The lowest BCUT2D eigenvalue weighted by atomic mass is 10.0. The smallest absolute Gasteiger partial charge is 0.331 e. The molecular weight excluding hydrogens is 296 g/mol. The molecule has 0 saturated heterocycles. The number of esters is 1. The van der Waals surface area contributed by atoms with Crippen molar-refractivity contribution in [2.45, 2.75) is 84.2 Å². The topological polar surface area (TPSA) is 80.7 Å². The quantitative estimate of drug-likeness (QED) is 0.296. The number of ether oxygens (including phenoxy) is 1. The Balaban J connectivity index is 4.44. The van der Waals surface area contributed by atoms with Gasteiger partial charge in [0.1, 0.15) is 0 Å². The molecule has 1 unspecified atom stereocenters. The zero-order valence-corrected chi connectivity index (χ0v) is 14.4. The maximum Gasteiger partial charge on any atom is 0.331 e. The van der Waals surface area contributed by atoms with E-state index >= 15 is 0 Å². The summed E-state index contributed by atoms with van der Waals surface area (Å²) in [7, 11) is 0. The standard InChI is InChI=1S/C18H30O5/c1-3-5-7-9-11-15(19)16(12-10-8-6-4-2)23-18(22)14-13-17(20)21/h13-14,16H,3-12H2,1-2H3,(H,20,21). The minimum absolute atomic E-state index is 0.0605. The second-order valence-electron chi connectivity index (χ2n) is 5.72. The second-order valence-corrected chi connectivity index (χ2v) is 5.72. The number of aliphatic carboxylic acids is 1. The van der Waals surface area contributed by atoms with Crippen LogP contribution in [0.4, 0.5) is 0 Å². The summed E-state index contributed by atoms with van der Waals surface area (Å²) in [6, 6.07) is 0. The highest BCUT2D eigenvalue weighted by Crippen LogP contribution is 2.14. The first kappa shape index (κ1) is 21.4. The molecule has 0 aromatic carbocycles. The van der Waals surface area contributed by atoms with E-state index in [4.69, 9.17) is 9.84 Å². The van der Waals surface area contributed by atoms with E-state index in [0.29, 0.717) is 12.8 Å². The Hall–Kier alpha value is -1.65. The highest BCUT2D eigenvalue weighted by molar-refractivity contribution is 5.92. The second kappa shape index (κ2) is 14.0. The molecule has 0 aliphatic heterocycles. The third-order valence-corrected chi connectivity index (χ3v) is 3.58. The molecule has 0 bridgehead atoms. The minimum atomic E-state index is -1.22. The normalized spacial score (nSPS) is 12.3. The molecule has 132 valence electrons. The van der Waals surface area contributed by atoms with Crippen molar-refractivity contribution >= 4 is 17.7 Å². The summed E-state index contributed by atoms with van der Waals surface area (Å²) < 4.78 is 5.16. The molecular formula is C18H30O5. The van der Waals surface area contributed by atoms with Crippen molar-refractivity contribution in [3.63, 3.8) is 0 Å². The number of ketones is 1. The Morgan fingerprint density at radius 2 is 1.52 bits per heavy atom. The largest absolute Gasteiger partial charge is 0.478 e. The van der Waals surface area contributed by atoms with Gasteiger partial charge in [0.05, 0.1) is 0 Å². The van der Waals surface area contributed by atoms with Gasteiger partial charge in [0.15, 0.2) is 11.9 Å². The molecule has 1 N–H and O–H groups in total. The van der Waals surface area contributed by atoms with Crippen molar-refractivity contribution in [1.29, 1.82) is 0 Å². The molecule has 5 heteroatoms. The van der Waals surface area contributed by atoms with E-state index in [1.165, 1.54) is 0 Å². The fourth-order valence-electron chi connectivity index (χ4n) is 2.25. The van der Waals surface area contributed by atoms with E-state index in [-0.39, 0.29) is 5.78 Å². The van der Waals surface area contributed by atoms with Gasteiger partial charge in [0.25, 0.3) is 0 Å². The lowest BCUT2D eigenvalue weighted by molar-refractivity contribution is -0.151. The maximum atomic E-state index is 12.2. The summed E-state index contributed by atoms with van der Waals surface area (Å²) in [4.78, 5) is 34.2. The van der Waals surface area contributed by atoms with Gasteiger partial charge in [-0.1, -0.05) is 52.4 Å². The van der Waals surface area contributed by atoms with Crippen LogP contribution in [-0.4, -0.2) is 28.9 Å². The van der Waals surface area contributed by atoms with Gasteiger partial charge in [-0.05, 0) is 19.3 Å². The van der Waals surface area contributed by atoms with Crippen molar-refractivity contribution in [2.24, 2.45) is 0 Å². The van der Waals surface area contributed by atoms with Crippen LogP contribution in [0, 0.1) is 0 Å². The molecule has 0 aliphatic rings. The Kier molecular flexibility index (Phi) is 13.0. The summed E-state index contributed by atoms with van der Waals surface area (Å²) in [5.74, 6) is -2.04. The summed E-state index contributed by atoms with van der Waals surface area (Å²) in [6.45, 7) is 4.21. The molecule has 0 fully saturated rings. The first-order chi connectivity index (χ1) is 11.0. The third-order valence-electron chi connectivity index (χ3n) is 3.58. The van der Waals surface area contributed by atoms with E-state index in [2.05, 4.69) is 13.8 Å². The highest BCUT2D eigenvalue weighted by Gasteiger charge is 2.21. The Morgan fingerprint density at radius 1 is 0.913 bits per heavy atom. The average molecular weight is 326 g/mol. The highest BCUT2D eigenvalue weighted by atomic mass is 16.5. The van der Waals surface area contributed by atoms with Crippen LogP contribution in [0.15, 0.2) is 12.2 Å². The van der Waals surface area contributed by atoms with Gasteiger partial charge in [0.2, 0.25) is 0 Å². The van der Waals surface area contributed by atoms with Crippen molar-refractivity contribution in [3.05, 3.63) is 12.2 Å². The van der Waals surface area contributed by atoms with Crippen LogP contribution >= 0.6 is 0 Å². The van der Waals surface area contributed by atoms with Crippen LogP contribution in [0.3, 0.4) is 0 Å². The predicted molar refractivity (Wildman–Crippen MR) is 89.2 cm³/mol. The number of hydrogen-bond acceptors (Lipinski definition) is 4. The Morgan fingerprint density at radius 3 is 2.09 bits per heavy atom. The zero-order chi connectivity index (χ0) is 17.5. The molecule has 0 radical (unpaired) electrons. The maximum absolute atomic E-state index is 12.2. The number of carboxylic acids is 1. The van der Waals surface area contributed by atoms with E-state index in [1.54, 1.807) is 0 Å². The molecule has 0 aromatic heterocycles. The predicted octanol–water partition coefficient (Wildman–Crippen LogP) is 4.05. The molecule has 23 heavy (non-hydrogen) atoms. The number of carbonyl (C=O) groups is 3. The Bertz CT molecular complexity index is 387. The van der Waals surface area contributed by atoms with Gasteiger partial charge >= 0.3 is 11.9 Å². The van der Waals surface area contributed by atoms with Gasteiger partial charge in [-0.3, -0.25) is 4.79 Å². The van der Waals surface area contributed by atoms with Crippen LogP contribution in [0.25, 0.3) is 0 Å². The van der Waals surface area contributed by atoms with E-state index in [9.17, 15) is 14.4 Å². The third kappa shape index (κ3) is 12.6. The molecule has 0 saturated carbocycles. The van der Waals surface area contributed by atoms with Crippen LogP contribution in [0.5, 0.6) is 0 Å². The molecule has 0 amide bonds. The SMILES string of the molecule is CCCCCCC(=O)C(CCCCCC)OC(=O)C=CC(=O)O. The summed E-state index contributed by atoms with van der Waals surface area (Å²) in [5, 5.41) is 8.51. The Labute approximate surface area is 139 Å². The summed E-state index contributed by atoms with van der Waals surface area (Å²) in [6.07, 6.45) is 9.76. The van der Waals surface area contributed by atoms with Crippen LogP contribution in [0.2, 0.25) is 0 Å². The molecule has 0 heterocycles. The van der Waals surface area contributed by atoms with Crippen molar-refractivity contribution in [1.82, 2.24) is 0 Å². The van der Waals surface area contributed by atoms with E-state index < -0.39 is 18.0 Å². The molecule has 1 atom stereocenters. The van der Waals surface area contributed by atoms with Gasteiger partial charge in [-0.25, -0.2) is 9.59 Å². The average Bonchev–Trinajstić information content (AvgIpc) is 2.52. The fourth-order valence-corrected chi connectivity index (χ4v) is 2.25. The van der Waals surface area contributed by atoms with Crippen molar-refractivity contribution < 1.29 is 24.2 Å². The molecule has 0 rings (SSSR count). The lowest BCUT2D eigenvalue weighted by Gasteiger charge is -2.16. The van der Waals surface area contributed by atoms with E-state index in [1.807, 2.05) is 0 Å². The molecule has 5 nitrogen and oxygen atoms in total. The molecule has 0 aliphatic carbocycles. The van der Waals surface area contributed by atoms with Crippen LogP contribution < -0.4 is 0 Å². The number of rotatable bonds is 14. The monoisotopic (exact) mass is 326 g/mol. The van der Waals surface area contributed by atoms with Gasteiger partial charge in [-0.15, -0.1) is 0 Å². The number of unbranched alkanes of at least 4 members (excludes halogenated alkanes) is 6. The summed E-state index contributed by atoms with van der Waals surface area (Å²) in [5.41, 5.74) is 0. The van der Waals surface area contributed by atoms with Crippen molar-refractivity contribution in [2.75, 3.05) is 0 Å². The van der Waals surface area contributed by atoms with Gasteiger partial charge in [0, 0.05) is 18.6 Å². The first-order valence-electron chi connectivity index (χ1n) is 8.65. The van der Waals surface area contributed by atoms with Gasteiger partial charge in [-0.2, -0.15) is 0 Å². The molecule has 0 aromatic rings. The minimum Gasteiger partial charge on any atom is -0.478 e. The lowest BCUT2D eigenvalue weighted by Crippen LogP contribution is -2.26. The number of carbonyl (C=O) groups excluding carboxylic acids is 2. The fraction of sp³-hybridized carbons (Fsp3) is 0.722. The number of hydrogen-bond donors (Lipinski definition) is 1. The van der Waals surface area contributed by atoms with Crippen LogP contribution in [0.1, 0.15) is 78.1 Å². The van der Waals surface area contributed by atoms with E-state index in [0.717, 1.165) is 63.5 Å².